The van der Waals surface area contributed by atoms with E-state index in [1.54, 1.807) is 17.0 Å². The van der Waals surface area contributed by atoms with Crippen LogP contribution in [0.2, 0.25) is 0 Å². The van der Waals surface area contributed by atoms with Gasteiger partial charge in [-0.3, -0.25) is 0 Å². The summed E-state index contributed by atoms with van der Waals surface area (Å²) in [6.07, 6.45) is -0.367. The molecule has 3 rings (SSSR count). The van der Waals surface area contributed by atoms with Crippen LogP contribution >= 0.6 is 15.9 Å². The molecular formula is C18H24BrFN2O3. The van der Waals surface area contributed by atoms with Crippen LogP contribution in [0.25, 0.3) is 0 Å². The third-order valence-electron chi connectivity index (χ3n) is 4.94. The van der Waals surface area contributed by atoms with Crippen LogP contribution in [0.3, 0.4) is 0 Å². The zero-order valence-electron chi connectivity index (χ0n) is 14.7. The van der Waals surface area contributed by atoms with Crippen molar-refractivity contribution in [3.05, 3.63) is 34.1 Å². The Hall–Kier alpha value is -1.18. The van der Waals surface area contributed by atoms with Crippen LogP contribution in [-0.2, 0) is 10.3 Å². The maximum atomic E-state index is 14.0. The molecule has 2 unspecified atom stereocenters. The smallest absolute Gasteiger partial charge is 0.410 e. The van der Waals surface area contributed by atoms with Gasteiger partial charge in [-0.05, 0) is 54.4 Å². The van der Waals surface area contributed by atoms with E-state index in [4.69, 9.17) is 4.74 Å². The molecule has 2 aliphatic heterocycles. The molecule has 0 radical (unpaired) electrons. The lowest BCUT2D eigenvalue weighted by Gasteiger charge is -2.53. The van der Waals surface area contributed by atoms with Crippen molar-refractivity contribution in [3.8, 4) is 0 Å². The fourth-order valence-corrected chi connectivity index (χ4v) is 4.03. The van der Waals surface area contributed by atoms with Crippen LogP contribution in [0.4, 0.5) is 9.18 Å². The number of fused-ring (bicyclic) bond motifs is 2. The SMILES string of the molecule is CC(C)(C)OC(=O)N1CC2CNCC(C1)C2(O)c1ccc(Br)c(F)c1. The van der Waals surface area contributed by atoms with Crippen LogP contribution < -0.4 is 5.32 Å². The van der Waals surface area contributed by atoms with Crippen LogP contribution in [0, 0.1) is 17.7 Å². The molecule has 0 saturated carbocycles. The Kier molecular flexibility index (Phi) is 4.85. The second-order valence-corrected chi connectivity index (χ2v) is 8.75. The third kappa shape index (κ3) is 3.55. The number of benzene rings is 1. The molecule has 2 saturated heterocycles. The molecule has 2 aliphatic rings. The molecule has 1 amide bonds. The van der Waals surface area contributed by atoms with E-state index in [0.717, 1.165) is 0 Å². The van der Waals surface area contributed by atoms with Crippen molar-refractivity contribution in [1.29, 1.82) is 0 Å². The monoisotopic (exact) mass is 414 g/mol. The lowest BCUT2D eigenvalue weighted by molar-refractivity contribution is -0.136. The molecule has 2 fully saturated rings. The standard InChI is InChI=1S/C18H24BrFN2O3/c1-17(2,3)25-16(23)22-9-12-7-21-8-13(10-22)18(12,24)11-4-5-14(19)15(20)6-11/h4-6,12-13,21,24H,7-10H2,1-3H3. The quantitative estimate of drug-likeness (QED) is 0.741. The number of rotatable bonds is 1. The van der Waals surface area contributed by atoms with Gasteiger partial charge in [0.15, 0.2) is 0 Å². The molecule has 25 heavy (non-hydrogen) atoms. The summed E-state index contributed by atoms with van der Waals surface area (Å²) in [7, 11) is 0. The minimum absolute atomic E-state index is 0.229. The summed E-state index contributed by atoms with van der Waals surface area (Å²) in [6, 6.07) is 4.76. The van der Waals surface area contributed by atoms with Gasteiger partial charge >= 0.3 is 6.09 Å². The van der Waals surface area contributed by atoms with Gasteiger partial charge in [0.05, 0.1) is 4.47 Å². The summed E-state index contributed by atoms with van der Waals surface area (Å²) in [4.78, 5) is 14.1. The molecule has 2 heterocycles. The predicted octanol–water partition coefficient (Wildman–Crippen LogP) is 2.86. The highest BCUT2D eigenvalue weighted by Gasteiger charge is 2.53. The molecule has 1 aromatic rings. The molecular weight excluding hydrogens is 391 g/mol. The summed E-state index contributed by atoms with van der Waals surface area (Å²) in [5.41, 5.74) is -1.16. The Morgan fingerprint density at radius 3 is 2.48 bits per heavy atom. The maximum absolute atomic E-state index is 14.0. The van der Waals surface area contributed by atoms with Crippen LogP contribution in [0.1, 0.15) is 26.3 Å². The van der Waals surface area contributed by atoms with Gasteiger partial charge in [-0.25, -0.2) is 9.18 Å². The molecule has 2 atom stereocenters. The highest BCUT2D eigenvalue weighted by atomic mass is 79.9. The minimum Gasteiger partial charge on any atom is -0.444 e. The van der Waals surface area contributed by atoms with Crippen molar-refractivity contribution in [2.24, 2.45) is 11.8 Å². The Labute approximate surface area is 155 Å². The average molecular weight is 415 g/mol. The van der Waals surface area contributed by atoms with E-state index in [1.807, 2.05) is 20.8 Å². The molecule has 0 aromatic heterocycles. The number of nitrogens with one attached hydrogen (secondary N) is 1. The number of halogens is 2. The van der Waals surface area contributed by atoms with Crippen molar-refractivity contribution in [2.45, 2.75) is 32.0 Å². The van der Waals surface area contributed by atoms with Gasteiger partial charge in [0, 0.05) is 38.0 Å². The summed E-state index contributed by atoms with van der Waals surface area (Å²) >= 11 is 3.15. The first-order chi connectivity index (χ1) is 11.6. The first-order valence-corrected chi connectivity index (χ1v) is 9.27. The number of nitrogens with zero attached hydrogens (tertiary/aromatic N) is 1. The summed E-state index contributed by atoms with van der Waals surface area (Å²) in [5.74, 6) is -0.854. The second-order valence-electron chi connectivity index (χ2n) is 7.89. The van der Waals surface area contributed by atoms with Gasteiger partial charge in [0.1, 0.15) is 17.0 Å². The van der Waals surface area contributed by atoms with Gasteiger partial charge in [0.25, 0.3) is 0 Å². The van der Waals surface area contributed by atoms with Gasteiger partial charge in [0.2, 0.25) is 0 Å². The summed E-state index contributed by atoms with van der Waals surface area (Å²) in [5, 5.41) is 14.8. The van der Waals surface area contributed by atoms with E-state index in [1.165, 1.54) is 6.07 Å². The number of hydrogen-bond acceptors (Lipinski definition) is 4. The van der Waals surface area contributed by atoms with E-state index in [0.29, 0.717) is 36.2 Å². The second kappa shape index (κ2) is 6.52. The predicted molar refractivity (Wildman–Crippen MR) is 95.7 cm³/mol. The number of carbonyl (C=O) groups is 1. The van der Waals surface area contributed by atoms with Crippen LogP contribution in [0.15, 0.2) is 22.7 Å². The fraction of sp³-hybridized carbons (Fsp3) is 0.611. The molecule has 2 bridgehead atoms. The summed E-state index contributed by atoms with van der Waals surface area (Å²) in [6.45, 7) is 7.35. The first-order valence-electron chi connectivity index (χ1n) is 8.48. The van der Waals surface area contributed by atoms with E-state index >= 15 is 0 Å². The van der Waals surface area contributed by atoms with Crippen molar-refractivity contribution in [3.63, 3.8) is 0 Å². The van der Waals surface area contributed by atoms with Gasteiger partial charge in [-0.2, -0.15) is 0 Å². The molecule has 5 nitrogen and oxygen atoms in total. The summed E-state index contributed by atoms with van der Waals surface area (Å²) < 4.78 is 19.9. The first kappa shape index (κ1) is 18.6. The molecule has 0 aliphatic carbocycles. The number of amides is 1. The van der Waals surface area contributed by atoms with E-state index in [-0.39, 0.29) is 17.9 Å². The van der Waals surface area contributed by atoms with E-state index < -0.39 is 17.0 Å². The Morgan fingerprint density at radius 2 is 1.96 bits per heavy atom. The molecule has 2 N–H and O–H groups in total. The van der Waals surface area contributed by atoms with Crippen molar-refractivity contribution in [2.75, 3.05) is 26.2 Å². The lowest BCUT2D eigenvalue weighted by Crippen LogP contribution is -2.65. The number of hydrogen-bond donors (Lipinski definition) is 2. The van der Waals surface area contributed by atoms with E-state index in [9.17, 15) is 14.3 Å². The maximum Gasteiger partial charge on any atom is 0.410 e. The molecule has 138 valence electrons. The molecule has 0 spiro atoms. The highest BCUT2D eigenvalue weighted by Crippen LogP contribution is 2.44. The number of carbonyl (C=O) groups excluding carboxylic acids is 1. The molecule has 7 heteroatoms. The van der Waals surface area contributed by atoms with Crippen LogP contribution in [-0.4, -0.2) is 47.9 Å². The largest absolute Gasteiger partial charge is 0.444 e. The number of piperidine rings is 2. The van der Waals surface area contributed by atoms with E-state index in [2.05, 4.69) is 21.2 Å². The van der Waals surface area contributed by atoms with Crippen LogP contribution in [0.5, 0.6) is 0 Å². The minimum atomic E-state index is -1.16. The highest BCUT2D eigenvalue weighted by molar-refractivity contribution is 9.10. The van der Waals surface area contributed by atoms with Gasteiger partial charge in [-0.15, -0.1) is 0 Å². The third-order valence-corrected chi connectivity index (χ3v) is 5.58. The molecule has 1 aromatic carbocycles. The number of likely N-dealkylation sites (tertiary alicyclic amines) is 1. The average Bonchev–Trinajstić information content (AvgIpc) is 2.47. The number of ether oxygens (including phenoxy) is 1. The zero-order chi connectivity index (χ0) is 18.4. The Bertz CT molecular complexity index is 663. The van der Waals surface area contributed by atoms with Gasteiger partial charge < -0.3 is 20.1 Å². The van der Waals surface area contributed by atoms with Gasteiger partial charge in [-0.1, -0.05) is 6.07 Å². The lowest BCUT2D eigenvalue weighted by atomic mass is 9.67. The van der Waals surface area contributed by atoms with Crippen molar-refractivity contribution in [1.82, 2.24) is 10.2 Å². The fourth-order valence-electron chi connectivity index (χ4n) is 3.78. The van der Waals surface area contributed by atoms with Crippen molar-refractivity contribution >= 4 is 22.0 Å². The van der Waals surface area contributed by atoms with Crippen molar-refractivity contribution < 1.29 is 19.0 Å². The Balaban J connectivity index is 1.87. The zero-order valence-corrected chi connectivity index (χ0v) is 16.3. The Morgan fingerprint density at radius 1 is 1.36 bits per heavy atom. The number of aliphatic hydroxyl groups is 1. The topological polar surface area (TPSA) is 61.8 Å². The normalized spacial score (nSPS) is 29.4.